The number of nitrogens with zero attached hydrogens (tertiary/aromatic N) is 1. The molecule has 6 aromatic carbocycles. The van der Waals surface area contributed by atoms with Gasteiger partial charge in [0, 0.05) is 35.4 Å². The second kappa shape index (κ2) is 16.4. The third kappa shape index (κ3) is 8.76. The van der Waals surface area contributed by atoms with Gasteiger partial charge in [-0.25, -0.2) is 4.79 Å². The summed E-state index contributed by atoms with van der Waals surface area (Å²) in [4.78, 5) is 15.2. The minimum absolute atomic E-state index is 0.0123. The number of aliphatic hydroxyl groups excluding tert-OH is 1. The highest BCUT2D eigenvalue weighted by atomic mass is 16.7. The molecular formula is C45H45N3O5. The molecule has 0 aliphatic carbocycles. The van der Waals surface area contributed by atoms with E-state index in [9.17, 15) is 9.90 Å². The molecule has 3 N–H and O–H groups in total. The van der Waals surface area contributed by atoms with Gasteiger partial charge < -0.3 is 30.0 Å². The zero-order valence-corrected chi connectivity index (χ0v) is 30.2. The Labute approximate surface area is 311 Å². The molecule has 0 saturated carbocycles. The molecule has 5 atom stereocenters. The van der Waals surface area contributed by atoms with Gasteiger partial charge in [-0.3, -0.25) is 4.90 Å². The van der Waals surface area contributed by atoms with Crippen LogP contribution in [0.1, 0.15) is 54.5 Å². The average Bonchev–Trinajstić information content (AvgIpc) is 3.19. The van der Waals surface area contributed by atoms with Crippen molar-refractivity contribution >= 4 is 28.2 Å². The number of amides is 2. The molecule has 0 spiro atoms. The van der Waals surface area contributed by atoms with Crippen molar-refractivity contribution in [1.82, 2.24) is 4.90 Å². The van der Waals surface area contributed by atoms with Crippen molar-refractivity contribution in [3.05, 3.63) is 168 Å². The number of para-hydroxylation sites is 1. The molecular weight excluding hydrogens is 663 g/mol. The maximum atomic E-state index is 12.9. The number of fused-ring (bicyclic) bond motifs is 1. The molecule has 0 radical (unpaired) electrons. The fourth-order valence-electron chi connectivity index (χ4n) is 6.74. The van der Waals surface area contributed by atoms with Gasteiger partial charge in [-0.05, 0) is 96.0 Å². The largest absolute Gasteiger partial charge is 0.457 e. The summed E-state index contributed by atoms with van der Waals surface area (Å²) < 4.78 is 19.3. The van der Waals surface area contributed by atoms with Gasteiger partial charge >= 0.3 is 6.03 Å². The second-order valence-corrected chi connectivity index (χ2v) is 13.7. The summed E-state index contributed by atoms with van der Waals surface area (Å²) in [6.07, 6.45) is -0.997. The first kappa shape index (κ1) is 35.9. The molecule has 1 heterocycles. The van der Waals surface area contributed by atoms with Crippen LogP contribution in [0.2, 0.25) is 0 Å². The van der Waals surface area contributed by atoms with Crippen LogP contribution in [0.5, 0.6) is 11.5 Å². The number of rotatable bonds is 11. The number of hydrogen-bond donors (Lipinski definition) is 3. The standard InChI is InChI=1S/C45H45N3O5/c1-30-42(28-48(3)31(2)36-18-17-33-9-7-8-10-37(33)27-36)52-44(53-43(30)34-15-13-32(29-49)14-16-34)35-19-21-38(22-20-35)46-45(50)47-39-23-25-41(26-24-39)51-40-11-5-4-6-12-40/h4-27,30-31,42-44,49H,28-29H2,1-3H3,(H2,46,47,50)/t30-,31+,42+,43+,44+/m0/s1. The fourth-order valence-corrected chi connectivity index (χ4v) is 6.74. The van der Waals surface area contributed by atoms with E-state index in [4.69, 9.17) is 14.2 Å². The Morgan fingerprint density at radius 1 is 0.736 bits per heavy atom. The zero-order valence-electron chi connectivity index (χ0n) is 30.2. The summed E-state index contributed by atoms with van der Waals surface area (Å²) in [7, 11) is 2.14. The molecule has 53 heavy (non-hydrogen) atoms. The van der Waals surface area contributed by atoms with Crippen LogP contribution in [0, 0.1) is 5.92 Å². The summed E-state index contributed by atoms with van der Waals surface area (Å²) in [5.41, 5.74) is 5.27. The minimum Gasteiger partial charge on any atom is -0.457 e. The van der Waals surface area contributed by atoms with E-state index < -0.39 is 6.29 Å². The van der Waals surface area contributed by atoms with E-state index >= 15 is 0 Å². The van der Waals surface area contributed by atoms with Crippen LogP contribution in [0.15, 0.2) is 146 Å². The van der Waals surface area contributed by atoms with Gasteiger partial charge in [0.2, 0.25) is 0 Å². The lowest BCUT2D eigenvalue weighted by atomic mass is 9.89. The quantitative estimate of drug-likeness (QED) is 0.124. The van der Waals surface area contributed by atoms with Crippen molar-refractivity contribution in [2.75, 3.05) is 24.2 Å². The second-order valence-electron chi connectivity index (χ2n) is 13.7. The lowest BCUT2D eigenvalue weighted by Gasteiger charge is -2.43. The minimum atomic E-state index is -0.623. The summed E-state index contributed by atoms with van der Waals surface area (Å²) in [5, 5.41) is 17.9. The molecule has 0 aromatic heterocycles. The normalized spacial score (nSPS) is 19.1. The topological polar surface area (TPSA) is 92.3 Å². The molecule has 0 bridgehead atoms. The van der Waals surface area contributed by atoms with E-state index in [1.54, 1.807) is 12.1 Å². The lowest BCUT2D eigenvalue weighted by Crippen LogP contribution is -2.44. The molecule has 0 unspecified atom stereocenters. The Morgan fingerprint density at radius 2 is 1.34 bits per heavy atom. The van der Waals surface area contributed by atoms with Gasteiger partial charge in [-0.1, -0.05) is 97.9 Å². The first-order valence-corrected chi connectivity index (χ1v) is 18.0. The highest BCUT2D eigenvalue weighted by Crippen LogP contribution is 2.42. The van der Waals surface area contributed by atoms with E-state index in [-0.39, 0.29) is 36.8 Å². The maximum Gasteiger partial charge on any atom is 0.323 e. The zero-order chi connectivity index (χ0) is 36.7. The summed E-state index contributed by atoms with van der Waals surface area (Å²) in [6, 6.07) is 47.2. The van der Waals surface area contributed by atoms with Crippen LogP contribution < -0.4 is 15.4 Å². The highest BCUT2D eigenvalue weighted by molar-refractivity contribution is 5.99. The maximum absolute atomic E-state index is 12.9. The molecule has 1 fully saturated rings. The van der Waals surface area contributed by atoms with Gasteiger partial charge in [-0.2, -0.15) is 0 Å². The van der Waals surface area contributed by atoms with Crippen LogP contribution in [0.25, 0.3) is 10.8 Å². The third-order valence-corrected chi connectivity index (χ3v) is 10.0. The Kier molecular flexibility index (Phi) is 11.1. The summed E-state index contributed by atoms with van der Waals surface area (Å²) in [6.45, 7) is 5.09. The first-order chi connectivity index (χ1) is 25.8. The number of aliphatic hydroxyl groups is 1. The number of ether oxygens (including phenoxy) is 3. The van der Waals surface area contributed by atoms with Crippen LogP contribution in [-0.2, 0) is 16.1 Å². The SMILES string of the molecule is C[C@H]1[C@@H](CN(C)[C@H](C)c2ccc3ccccc3c2)O[C@@H](c2ccc(NC(=O)Nc3ccc(Oc4ccccc4)cc3)cc2)O[C@H]1c1ccc(CO)cc1. The highest BCUT2D eigenvalue weighted by Gasteiger charge is 2.39. The predicted octanol–water partition coefficient (Wildman–Crippen LogP) is 10.3. The average molecular weight is 708 g/mol. The monoisotopic (exact) mass is 707 g/mol. The first-order valence-electron chi connectivity index (χ1n) is 18.0. The van der Waals surface area contributed by atoms with Crippen molar-refractivity contribution in [2.45, 2.75) is 45.0 Å². The molecule has 270 valence electrons. The number of carbonyl (C=O) groups is 1. The van der Waals surface area contributed by atoms with Gasteiger partial charge in [0.1, 0.15) is 11.5 Å². The number of benzene rings is 6. The van der Waals surface area contributed by atoms with E-state index in [1.165, 1.54) is 16.3 Å². The van der Waals surface area contributed by atoms with Crippen LogP contribution in [0.4, 0.5) is 16.2 Å². The van der Waals surface area contributed by atoms with Crippen molar-refractivity contribution in [3.8, 4) is 11.5 Å². The molecule has 1 aliphatic heterocycles. The molecule has 2 amide bonds. The number of hydrogen-bond acceptors (Lipinski definition) is 6. The van der Waals surface area contributed by atoms with E-state index in [0.29, 0.717) is 23.7 Å². The van der Waals surface area contributed by atoms with Crippen LogP contribution >= 0.6 is 0 Å². The molecule has 7 rings (SSSR count). The van der Waals surface area contributed by atoms with Crippen molar-refractivity contribution in [1.29, 1.82) is 0 Å². The van der Waals surface area contributed by atoms with E-state index in [0.717, 1.165) is 22.4 Å². The van der Waals surface area contributed by atoms with Gasteiger partial charge in [0.05, 0.1) is 18.8 Å². The Balaban J connectivity index is 1.03. The lowest BCUT2D eigenvalue weighted by molar-refractivity contribution is -0.276. The molecule has 6 aromatic rings. The Morgan fingerprint density at radius 3 is 2.02 bits per heavy atom. The number of likely N-dealkylation sites (N-methyl/N-ethyl adjacent to an activating group) is 1. The number of urea groups is 1. The van der Waals surface area contributed by atoms with Crippen molar-refractivity contribution in [2.24, 2.45) is 5.92 Å². The van der Waals surface area contributed by atoms with Gasteiger partial charge in [0.15, 0.2) is 6.29 Å². The number of nitrogens with one attached hydrogen (secondary N) is 2. The predicted molar refractivity (Wildman–Crippen MR) is 210 cm³/mol. The van der Waals surface area contributed by atoms with E-state index in [1.807, 2.05) is 91.0 Å². The number of anilines is 2. The smallest absolute Gasteiger partial charge is 0.323 e. The van der Waals surface area contributed by atoms with Crippen LogP contribution in [-0.4, -0.2) is 35.7 Å². The molecule has 1 aliphatic rings. The molecule has 8 heteroatoms. The van der Waals surface area contributed by atoms with E-state index in [2.05, 4.69) is 78.9 Å². The Hall–Kier alpha value is -5.51. The Bertz CT molecular complexity index is 2110. The molecule has 1 saturated heterocycles. The number of carbonyl (C=O) groups excluding carboxylic acids is 1. The summed E-state index contributed by atoms with van der Waals surface area (Å²) >= 11 is 0. The third-order valence-electron chi connectivity index (χ3n) is 10.0. The summed E-state index contributed by atoms with van der Waals surface area (Å²) in [5.74, 6) is 1.47. The van der Waals surface area contributed by atoms with Gasteiger partial charge in [0.25, 0.3) is 0 Å². The van der Waals surface area contributed by atoms with Crippen LogP contribution in [0.3, 0.4) is 0 Å². The fraction of sp³-hybridized carbons (Fsp3) is 0.222. The van der Waals surface area contributed by atoms with Crippen molar-refractivity contribution < 1.29 is 24.1 Å². The van der Waals surface area contributed by atoms with Gasteiger partial charge in [-0.15, -0.1) is 0 Å². The van der Waals surface area contributed by atoms with Crippen molar-refractivity contribution in [3.63, 3.8) is 0 Å². The molecule has 8 nitrogen and oxygen atoms in total.